The van der Waals surface area contributed by atoms with Crippen LogP contribution >= 0.6 is 23.2 Å². The van der Waals surface area contributed by atoms with E-state index in [1.807, 2.05) is 30.3 Å². The highest BCUT2D eigenvalue weighted by molar-refractivity contribution is 6.42. The van der Waals surface area contributed by atoms with Crippen LogP contribution in [0.3, 0.4) is 0 Å². The number of benzene rings is 4. The van der Waals surface area contributed by atoms with E-state index in [9.17, 15) is 14.4 Å². The van der Waals surface area contributed by atoms with Crippen LogP contribution in [-0.4, -0.2) is 37.7 Å². The van der Waals surface area contributed by atoms with Gasteiger partial charge < -0.3 is 14.8 Å². The number of nitrogens with zero attached hydrogens (tertiary/aromatic N) is 1. The highest BCUT2D eigenvalue weighted by Crippen LogP contribution is 2.29. The molecule has 4 aromatic rings. The lowest BCUT2D eigenvalue weighted by Gasteiger charge is -2.10. The van der Waals surface area contributed by atoms with Crippen molar-refractivity contribution < 1.29 is 23.9 Å². The van der Waals surface area contributed by atoms with E-state index in [2.05, 4.69) is 15.8 Å². The fraction of sp³-hybridized carbons (Fsp3) is 0.0714. The molecular weight excluding hydrogens is 529 g/mol. The largest absolute Gasteiger partial charge is 0.493 e. The molecule has 0 aliphatic rings. The predicted octanol–water partition coefficient (Wildman–Crippen LogP) is 5.25. The Kier molecular flexibility index (Phi) is 8.58. The Morgan fingerprint density at radius 3 is 2.47 bits per heavy atom. The topological polar surface area (TPSA) is 106 Å². The Bertz CT molecular complexity index is 1550. The second kappa shape index (κ2) is 12.2. The van der Waals surface area contributed by atoms with Gasteiger partial charge in [-0.05, 0) is 58.8 Å². The molecule has 2 amide bonds. The monoisotopic (exact) mass is 549 g/mol. The number of carbonyl (C=O) groups excluding carboxylic acids is 3. The minimum absolute atomic E-state index is 0.181. The number of amides is 2. The summed E-state index contributed by atoms with van der Waals surface area (Å²) in [6.07, 6.45) is 1.39. The van der Waals surface area contributed by atoms with Crippen LogP contribution in [-0.2, 0) is 4.79 Å². The molecule has 0 unspecified atom stereocenters. The molecule has 0 bridgehead atoms. The Morgan fingerprint density at radius 2 is 1.68 bits per heavy atom. The Morgan fingerprint density at radius 1 is 0.895 bits per heavy atom. The van der Waals surface area contributed by atoms with Crippen molar-refractivity contribution in [3.8, 4) is 11.5 Å². The van der Waals surface area contributed by atoms with E-state index >= 15 is 0 Å². The standard InChI is InChI=1S/C28H21Cl2N3O5/c1-37-25-13-17(9-12-24(25)38-28(36)19-10-11-22(29)23(30)14-19)15-32-33-26(34)16-31-27(35)21-8-4-6-18-5-2-3-7-20(18)21/h2-15H,16H2,1H3,(H,31,35)(H,33,34)/b32-15-. The van der Waals surface area contributed by atoms with E-state index in [-0.39, 0.29) is 34.5 Å². The van der Waals surface area contributed by atoms with Crippen molar-refractivity contribution in [2.75, 3.05) is 13.7 Å². The number of nitrogens with one attached hydrogen (secondary N) is 2. The molecule has 0 atom stereocenters. The maximum atomic E-state index is 12.6. The van der Waals surface area contributed by atoms with Gasteiger partial charge in [0.15, 0.2) is 11.5 Å². The Labute approximate surface area is 228 Å². The average molecular weight is 550 g/mol. The van der Waals surface area contributed by atoms with Crippen molar-refractivity contribution in [1.29, 1.82) is 0 Å². The average Bonchev–Trinajstić information content (AvgIpc) is 2.93. The summed E-state index contributed by atoms with van der Waals surface area (Å²) in [5.74, 6) is -1.05. The lowest BCUT2D eigenvalue weighted by molar-refractivity contribution is -0.120. The molecule has 10 heteroatoms. The van der Waals surface area contributed by atoms with Crippen LogP contribution in [0.25, 0.3) is 10.8 Å². The number of hydrogen-bond donors (Lipinski definition) is 2. The number of hydrogen-bond acceptors (Lipinski definition) is 6. The number of rotatable bonds is 8. The molecule has 38 heavy (non-hydrogen) atoms. The van der Waals surface area contributed by atoms with Crippen molar-refractivity contribution in [2.24, 2.45) is 5.10 Å². The zero-order chi connectivity index (χ0) is 27.1. The first kappa shape index (κ1) is 26.7. The maximum Gasteiger partial charge on any atom is 0.343 e. The quantitative estimate of drug-likeness (QED) is 0.135. The molecular formula is C28H21Cl2N3O5. The van der Waals surface area contributed by atoms with Crippen molar-refractivity contribution in [1.82, 2.24) is 10.7 Å². The van der Waals surface area contributed by atoms with Gasteiger partial charge >= 0.3 is 5.97 Å². The first-order valence-electron chi connectivity index (χ1n) is 11.3. The second-order valence-electron chi connectivity index (χ2n) is 7.93. The molecule has 0 heterocycles. The summed E-state index contributed by atoms with van der Waals surface area (Å²) in [5.41, 5.74) is 3.63. The molecule has 192 valence electrons. The van der Waals surface area contributed by atoms with E-state index < -0.39 is 11.9 Å². The summed E-state index contributed by atoms with van der Waals surface area (Å²) in [6.45, 7) is -0.258. The molecule has 4 aromatic carbocycles. The molecule has 0 aliphatic heterocycles. The van der Waals surface area contributed by atoms with E-state index in [0.29, 0.717) is 16.1 Å². The molecule has 4 rings (SSSR count). The highest BCUT2D eigenvalue weighted by Gasteiger charge is 2.15. The van der Waals surface area contributed by atoms with Crippen molar-refractivity contribution in [3.05, 3.63) is 106 Å². The highest BCUT2D eigenvalue weighted by atomic mass is 35.5. The summed E-state index contributed by atoms with van der Waals surface area (Å²) in [7, 11) is 1.42. The number of methoxy groups -OCH3 is 1. The number of esters is 1. The predicted molar refractivity (Wildman–Crippen MR) is 146 cm³/mol. The molecule has 2 N–H and O–H groups in total. The summed E-state index contributed by atoms with van der Waals surface area (Å²) in [4.78, 5) is 37.2. The molecule has 0 aliphatic carbocycles. The second-order valence-corrected chi connectivity index (χ2v) is 8.75. The van der Waals surface area contributed by atoms with Gasteiger partial charge in [0, 0.05) is 5.56 Å². The third kappa shape index (κ3) is 6.47. The zero-order valence-electron chi connectivity index (χ0n) is 20.0. The smallest absolute Gasteiger partial charge is 0.343 e. The molecule has 0 spiro atoms. The van der Waals surface area contributed by atoms with E-state index in [1.54, 1.807) is 24.3 Å². The van der Waals surface area contributed by atoms with Gasteiger partial charge in [0.05, 0.1) is 35.5 Å². The molecule has 0 saturated heterocycles. The van der Waals surface area contributed by atoms with Gasteiger partial charge in [-0.25, -0.2) is 10.2 Å². The fourth-order valence-corrected chi connectivity index (χ4v) is 3.83. The van der Waals surface area contributed by atoms with Gasteiger partial charge in [-0.1, -0.05) is 59.6 Å². The number of fused-ring (bicyclic) bond motifs is 1. The van der Waals surface area contributed by atoms with E-state index in [0.717, 1.165) is 10.8 Å². The van der Waals surface area contributed by atoms with Crippen LogP contribution in [0.4, 0.5) is 0 Å². The van der Waals surface area contributed by atoms with Crippen LogP contribution < -0.4 is 20.2 Å². The van der Waals surface area contributed by atoms with Crippen LogP contribution in [0.5, 0.6) is 11.5 Å². The van der Waals surface area contributed by atoms with Crippen molar-refractivity contribution in [2.45, 2.75) is 0 Å². The number of halogens is 2. The molecule has 0 radical (unpaired) electrons. The van der Waals surface area contributed by atoms with Crippen LogP contribution in [0.1, 0.15) is 26.3 Å². The lowest BCUT2D eigenvalue weighted by atomic mass is 10.0. The summed E-state index contributed by atoms with van der Waals surface area (Å²) >= 11 is 11.9. The lowest BCUT2D eigenvalue weighted by Crippen LogP contribution is -2.35. The van der Waals surface area contributed by atoms with E-state index in [4.69, 9.17) is 32.7 Å². The van der Waals surface area contributed by atoms with Crippen LogP contribution in [0.2, 0.25) is 10.0 Å². The van der Waals surface area contributed by atoms with Gasteiger partial charge in [-0.15, -0.1) is 0 Å². The van der Waals surface area contributed by atoms with E-state index in [1.165, 1.54) is 37.6 Å². The summed E-state index contributed by atoms with van der Waals surface area (Å²) in [5, 5.41) is 8.78. The first-order chi connectivity index (χ1) is 18.4. The van der Waals surface area contributed by atoms with Gasteiger partial charge in [0.1, 0.15) is 0 Å². The molecule has 0 aromatic heterocycles. The Hall–Kier alpha value is -4.40. The normalized spacial score (nSPS) is 10.8. The fourth-order valence-electron chi connectivity index (χ4n) is 3.53. The van der Waals surface area contributed by atoms with Crippen LogP contribution in [0.15, 0.2) is 84.0 Å². The SMILES string of the molecule is COc1cc(/C=N\NC(=O)CNC(=O)c2cccc3ccccc23)ccc1OC(=O)c1ccc(Cl)c(Cl)c1. The first-order valence-corrected chi connectivity index (χ1v) is 12.0. The molecule has 0 saturated carbocycles. The third-order valence-electron chi connectivity index (χ3n) is 5.39. The van der Waals surface area contributed by atoms with Gasteiger partial charge in [0.2, 0.25) is 0 Å². The Balaban J connectivity index is 1.33. The summed E-state index contributed by atoms with van der Waals surface area (Å²) < 4.78 is 10.7. The van der Waals surface area contributed by atoms with Gasteiger partial charge in [0.25, 0.3) is 11.8 Å². The summed E-state index contributed by atoms with van der Waals surface area (Å²) in [6, 6.07) is 22.0. The molecule has 0 fully saturated rings. The maximum absolute atomic E-state index is 12.6. The number of carbonyl (C=O) groups is 3. The van der Waals surface area contributed by atoms with Crippen molar-refractivity contribution >= 4 is 58.0 Å². The van der Waals surface area contributed by atoms with Crippen LogP contribution in [0, 0.1) is 0 Å². The van der Waals surface area contributed by atoms with Gasteiger partial charge in [-0.2, -0.15) is 5.10 Å². The number of hydrazone groups is 1. The van der Waals surface area contributed by atoms with Gasteiger partial charge in [-0.3, -0.25) is 9.59 Å². The van der Waals surface area contributed by atoms with Crippen molar-refractivity contribution in [3.63, 3.8) is 0 Å². The molecule has 8 nitrogen and oxygen atoms in total. The zero-order valence-corrected chi connectivity index (χ0v) is 21.5. The third-order valence-corrected chi connectivity index (χ3v) is 6.13. The number of ether oxygens (including phenoxy) is 2. The minimum atomic E-state index is -0.638. The minimum Gasteiger partial charge on any atom is -0.493 e.